The molecule has 0 bridgehead atoms. The van der Waals surface area contributed by atoms with Crippen molar-refractivity contribution in [2.45, 2.75) is 13.3 Å². The van der Waals surface area contributed by atoms with E-state index in [0.29, 0.717) is 29.4 Å². The lowest BCUT2D eigenvalue weighted by molar-refractivity contribution is 0.152. The monoisotopic (exact) mass is 278 g/mol. The highest BCUT2D eigenvalue weighted by Crippen LogP contribution is 2.34. The molecular formula is C15H16F2N2O. The van der Waals surface area contributed by atoms with Gasteiger partial charge in [0.25, 0.3) is 6.43 Å². The van der Waals surface area contributed by atoms with E-state index in [1.807, 2.05) is 19.1 Å². The number of ether oxygens (including phenoxy) is 1. The molecule has 5 heteroatoms. The number of halogens is 2. The van der Waals surface area contributed by atoms with Crippen LogP contribution >= 0.6 is 0 Å². The minimum atomic E-state index is -2.60. The van der Waals surface area contributed by atoms with E-state index in [1.165, 1.54) is 6.07 Å². The third kappa shape index (κ3) is 3.17. The van der Waals surface area contributed by atoms with Crippen molar-refractivity contribution in [3.63, 3.8) is 0 Å². The van der Waals surface area contributed by atoms with Gasteiger partial charge in [0.15, 0.2) is 0 Å². The fourth-order valence-electron chi connectivity index (χ4n) is 1.87. The highest BCUT2D eigenvalue weighted by atomic mass is 19.3. The molecule has 0 saturated carbocycles. The Hall–Kier alpha value is -2.30. The highest BCUT2D eigenvalue weighted by Gasteiger charge is 2.14. The van der Waals surface area contributed by atoms with Gasteiger partial charge < -0.3 is 15.8 Å². The number of nitrogens with one attached hydrogen (secondary N) is 1. The van der Waals surface area contributed by atoms with Crippen molar-refractivity contribution in [2.75, 3.05) is 17.7 Å². The maximum absolute atomic E-state index is 13.0. The lowest BCUT2D eigenvalue weighted by Gasteiger charge is -2.15. The predicted molar refractivity (Wildman–Crippen MR) is 76.7 cm³/mol. The molecule has 0 amide bonds. The Morgan fingerprint density at radius 2 is 1.90 bits per heavy atom. The van der Waals surface area contributed by atoms with Crippen molar-refractivity contribution in [3.8, 4) is 5.75 Å². The van der Waals surface area contributed by atoms with Gasteiger partial charge in [0.1, 0.15) is 5.75 Å². The maximum Gasteiger partial charge on any atom is 0.265 e. The third-order valence-corrected chi connectivity index (χ3v) is 2.77. The maximum atomic E-state index is 13.0. The Bertz CT molecular complexity index is 588. The quantitative estimate of drug-likeness (QED) is 0.799. The summed E-state index contributed by atoms with van der Waals surface area (Å²) in [7, 11) is 0. The fraction of sp³-hybridized carbons (Fsp3) is 0.200. The van der Waals surface area contributed by atoms with Crippen molar-refractivity contribution in [3.05, 3.63) is 48.0 Å². The topological polar surface area (TPSA) is 47.3 Å². The van der Waals surface area contributed by atoms with E-state index in [0.717, 1.165) is 0 Å². The van der Waals surface area contributed by atoms with Gasteiger partial charge in [-0.15, -0.1) is 0 Å². The van der Waals surface area contributed by atoms with Crippen LogP contribution in [0.3, 0.4) is 0 Å². The van der Waals surface area contributed by atoms with Crippen molar-refractivity contribution in [1.29, 1.82) is 0 Å². The van der Waals surface area contributed by atoms with Crippen molar-refractivity contribution >= 4 is 17.1 Å². The average molecular weight is 278 g/mol. The molecule has 3 nitrogen and oxygen atoms in total. The number of nitrogen functional groups attached to an aromatic ring is 1. The van der Waals surface area contributed by atoms with Gasteiger partial charge in [-0.2, -0.15) is 0 Å². The zero-order valence-corrected chi connectivity index (χ0v) is 11.1. The molecule has 0 aliphatic carbocycles. The third-order valence-electron chi connectivity index (χ3n) is 2.77. The normalized spacial score (nSPS) is 10.6. The molecule has 0 saturated heterocycles. The second-order valence-corrected chi connectivity index (χ2v) is 4.20. The van der Waals surface area contributed by atoms with Gasteiger partial charge >= 0.3 is 0 Å². The molecule has 0 atom stereocenters. The molecule has 3 N–H and O–H groups in total. The predicted octanol–water partition coefficient (Wildman–Crippen LogP) is 4.35. The number of alkyl halides is 2. The summed E-state index contributed by atoms with van der Waals surface area (Å²) in [6.07, 6.45) is -2.60. The SMILES string of the molecule is CCOc1ccccc1Nc1ccc(N)cc1C(F)F. The fourth-order valence-corrected chi connectivity index (χ4v) is 1.87. The molecule has 0 heterocycles. The van der Waals surface area contributed by atoms with Crippen LogP contribution in [-0.4, -0.2) is 6.61 Å². The molecule has 20 heavy (non-hydrogen) atoms. The summed E-state index contributed by atoms with van der Waals surface area (Å²) in [5, 5.41) is 2.97. The first kappa shape index (κ1) is 14.1. The average Bonchev–Trinajstić information content (AvgIpc) is 2.43. The van der Waals surface area contributed by atoms with Gasteiger partial charge in [-0.25, -0.2) is 8.78 Å². The van der Waals surface area contributed by atoms with Crippen LogP contribution in [0.1, 0.15) is 18.9 Å². The molecule has 0 unspecified atom stereocenters. The zero-order chi connectivity index (χ0) is 14.5. The largest absolute Gasteiger partial charge is 0.492 e. The summed E-state index contributed by atoms with van der Waals surface area (Å²) in [4.78, 5) is 0. The molecule has 0 aliphatic heterocycles. The first-order chi connectivity index (χ1) is 9.61. The Labute approximate surface area is 116 Å². The summed E-state index contributed by atoms with van der Waals surface area (Å²) >= 11 is 0. The minimum Gasteiger partial charge on any atom is -0.492 e. The lowest BCUT2D eigenvalue weighted by atomic mass is 10.1. The first-order valence-corrected chi connectivity index (χ1v) is 6.28. The number of hydrogen-bond acceptors (Lipinski definition) is 3. The Morgan fingerprint density at radius 3 is 2.60 bits per heavy atom. The first-order valence-electron chi connectivity index (χ1n) is 6.28. The summed E-state index contributed by atoms with van der Waals surface area (Å²) in [6, 6.07) is 11.6. The summed E-state index contributed by atoms with van der Waals surface area (Å²) in [5.74, 6) is 0.618. The molecule has 2 aromatic carbocycles. The van der Waals surface area contributed by atoms with Crippen LogP contribution in [0, 0.1) is 0 Å². The van der Waals surface area contributed by atoms with Crippen LogP contribution in [0.2, 0.25) is 0 Å². The van der Waals surface area contributed by atoms with E-state index < -0.39 is 6.43 Å². The van der Waals surface area contributed by atoms with Crippen LogP contribution in [0.4, 0.5) is 25.8 Å². The number of benzene rings is 2. The van der Waals surface area contributed by atoms with Gasteiger partial charge in [0.2, 0.25) is 0 Å². The van der Waals surface area contributed by atoms with Crippen LogP contribution in [0.15, 0.2) is 42.5 Å². The van der Waals surface area contributed by atoms with Crippen LogP contribution in [0.5, 0.6) is 5.75 Å². The number of para-hydroxylation sites is 2. The highest BCUT2D eigenvalue weighted by molar-refractivity contribution is 5.70. The molecule has 0 aliphatic rings. The molecule has 0 fully saturated rings. The summed E-state index contributed by atoms with van der Waals surface area (Å²) < 4.78 is 31.5. The lowest BCUT2D eigenvalue weighted by Crippen LogP contribution is -2.01. The van der Waals surface area contributed by atoms with Crippen molar-refractivity contribution in [1.82, 2.24) is 0 Å². The van der Waals surface area contributed by atoms with Crippen molar-refractivity contribution in [2.24, 2.45) is 0 Å². The van der Waals surface area contributed by atoms with E-state index in [-0.39, 0.29) is 5.56 Å². The Balaban J connectivity index is 2.35. The minimum absolute atomic E-state index is 0.128. The van der Waals surface area contributed by atoms with E-state index in [2.05, 4.69) is 5.32 Å². The van der Waals surface area contributed by atoms with Crippen molar-refractivity contribution < 1.29 is 13.5 Å². The zero-order valence-electron chi connectivity index (χ0n) is 11.1. The molecular weight excluding hydrogens is 262 g/mol. The second kappa shape index (κ2) is 6.23. The summed E-state index contributed by atoms with van der Waals surface area (Å²) in [5.41, 5.74) is 6.69. The number of anilines is 3. The van der Waals surface area contributed by atoms with Gasteiger partial charge in [0, 0.05) is 16.9 Å². The standard InChI is InChI=1S/C15H16F2N2O/c1-2-20-14-6-4-3-5-13(14)19-12-8-7-10(18)9-11(12)15(16)17/h3-9,15,19H,2,18H2,1H3. The van der Waals surface area contributed by atoms with Gasteiger partial charge in [-0.3, -0.25) is 0 Å². The van der Waals surface area contributed by atoms with Gasteiger partial charge in [0.05, 0.1) is 12.3 Å². The van der Waals surface area contributed by atoms with Gasteiger partial charge in [-0.1, -0.05) is 12.1 Å². The second-order valence-electron chi connectivity index (χ2n) is 4.20. The number of nitrogens with two attached hydrogens (primary N) is 1. The van der Waals surface area contributed by atoms with E-state index in [4.69, 9.17) is 10.5 Å². The Morgan fingerprint density at radius 1 is 1.15 bits per heavy atom. The van der Waals surface area contributed by atoms with E-state index in [1.54, 1.807) is 24.3 Å². The summed E-state index contributed by atoms with van der Waals surface area (Å²) in [6.45, 7) is 2.37. The van der Waals surface area contributed by atoms with Crippen LogP contribution < -0.4 is 15.8 Å². The van der Waals surface area contributed by atoms with Crippen LogP contribution in [0.25, 0.3) is 0 Å². The molecule has 0 radical (unpaired) electrons. The molecule has 2 aromatic rings. The molecule has 106 valence electrons. The smallest absolute Gasteiger partial charge is 0.265 e. The molecule has 2 rings (SSSR count). The van der Waals surface area contributed by atoms with E-state index >= 15 is 0 Å². The molecule has 0 spiro atoms. The number of rotatable bonds is 5. The number of hydrogen-bond donors (Lipinski definition) is 2. The molecule has 0 aromatic heterocycles. The van der Waals surface area contributed by atoms with Crippen LogP contribution in [-0.2, 0) is 0 Å². The van der Waals surface area contributed by atoms with E-state index in [9.17, 15) is 8.78 Å². The van der Waals surface area contributed by atoms with Gasteiger partial charge in [-0.05, 0) is 37.3 Å². The Kier molecular flexibility index (Phi) is 4.40.